The molecule has 1 aromatic carbocycles. The van der Waals surface area contributed by atoms with Crippen LogP contribution in [0.15, 0.2) is 39.1 Å². The molecule has 0 amide bonds. The van der Waals surface area contributed by atoms with Crippen molar-refractivity contribution >= 4 is 33.6 Å². The molecule has 1 aromatic rings. The number of rotatable bonds is 4. The maximum absolute atomic E-state index is 13.7. The lowest BCUT2D eigenvalue weighted by Gasteiger charge is -2.46. The molecule has 0 radical (unpaired) electrons. The Balaban J connectivity index is 1.82. The first-order valence-corrected chi connectivity index (χ1v) is 11.9. The van der Waals surface area contributed by atoms with Crippen LogP contribution < -0.4 is 16.4 Å². The second-order valence-electron chi connectivity index (χ2n) is 8.08. The molecule has 168 valence electrons. The highest BCUT2D eigenvalue weighted by molar-refractivity contribution is 7.89. The molecule has 0 aromatic heterocycles. The van der Waals surface area contributed by atoms with Crippen LogP contribution in [0, 0.1) is 0 Å². The maximum atomic E-state index is 13.7. The van der Waals surface area contributed by atoms with E-state index >= 15 is 0 Å². The Kier molecular flexibility index (Phi) is 5.65. The summed E-state index contributed by atoms with van der Waals surface area (Å²) in [7, 11) is -2.75. The van der Waals surface area contributed by atoms with E-state index < -0.39 is 27.7 Å². The molecule has 2 heterocycles. The van der Waals surface area contributed by atoms with Gasteiger partial charge in [0.05, 0.1) is 12.8 Å². The Bertz CT molecular complexity index is 1030. The zero-order valence-corrected chi connectivity index (χ0v) is 18.3. The molecule has 1 spiro atoms. The van der Waals surface area contributed by atoms with Crippen LogP contribution in [0.25, 0.3) is 0 Å². The van der Waals surface area contributed by atoms with Gasteiger partial charge in [0.2, 0.25) is 21.9 Å². The van der Waals surface area contributed by atoms with Gasteiger partial charge in [0.25, 0.3) is 0 Å². The molecule has 0 bridgehead atoms. The van der Waals surface area contributed by atoms with Crippen LogP contribution in [-0.2, 0) is 19.6 Å². The fourth-order valence-electron chi connectivity index (χ4n) is 4.86. The molecule has 1 unspecified atom stereocenters. The van der Waals surface area contributed by atoms with Crippen molar-refractivity contribution in [2.24, 2.45) is 21.5 Å². The minimum absolute atomic E-state index is 0.0598. The number of methoxy groups -OCH3 is 1. The predicted molar refractivity (Wildman–Crippen MR) is 117 cm³/mol. The quantitative estimate of drug-likeness (QED) is 0.657. The van der Waals surface area contributed by atoms with Crippen LogP contribution in [0.3, 0.4) is 0 Å². The third-order valence-electron chi connectivity index (χ3n) is 6.22. The summed E-state index contributed by atoms with van der Waals surface area (Å²) in [4.78, 5) is 22.7. The van der Waals surface area contributed by atoms with Crippen LogP contribution in [-0.4, -0.2) is 56.0 Å². The third-order valence-corrected chi connectivity index (χ3v) is 8.18. The highest BCUT2D eigenvalue weighted by Gasteiger charge is 2.46. The van der Waals surface area contributed by atoms with Gasteiger partial charge < -0.3 is 16.2 Å². The van der Waals surface area contributed by atoms with Crippen molar-refractivity contribution in [1.29, 1.82) is 0 Å². The number of guanidine groups is 2. The molecule has 10 nitrogen and oxygen atoms in total. The first-order valence-electron chi connectivity index (χ1n) is 10.5. The molecule has 31 heavy (non-hydrogen) atoms. The summed E-state index contributed by atoms with van der Waals surface area (Å²) in [5.41, 5.74) is 11.9. The lowest BCUT2D eigenvalue weighted by atomic mass is 9.87. The Morgan fingerprint density at radius 3 is 2.58 bits per heavy atom. The van der Waals surface area contributed by atoms with Crippen molar-refractivity contribution in [1.82, 2.24) is 4.31 Å². The summed E-state index contributed by atoms with van der Waals surface area (Å²) >= 11 is 0. The van der Waals surface area contributed by atoms with Crippen molar-refractivity contribution < 1.29 is 17.9 Å². The molecule has 1 saturated carbocycles. The summed E-state index contributed by atoms with van der Waals surface area (Å²) < 4.78 is 33.5. The average molecular weight is 449 g/mol. The fraction of sp³-hybridized carbons (Fsp3) is 0.550. The van der Waals surface area contributed by atoms with Gasteiger partial charge in [0.1, 0.15) is 16.6 Å². The second-order valence-corrected chi connectivity index (χ2v) is 9.94. The fourth-order valence-corrected chi connectivity index (χ4v) is 6.68. The van der Waals surface area contributed by atoms with E-state index in [9.17, 15) is 13.2 Å². The number of carbonyl (C=O) groups is 1. The van der Waals surface area contributed by atoms with Crippen molar-refractivity contribution in [2.75, 3.05) is 18.6 Å². The maximum Gasteiger partial charge on any atom is 0.324 e. The molecule has 3 aliphatic rings. The van der Waals surface area contributed by atoms with E-state index in [0.717, 1.165) is 19.3 Å². The molecule has 11 heteroatoms. The van der Waals surface area contributed by atoms with Gasteiger partial charge in [0.15, 0.2) is 0 Å². The van der Waals surface area contributed by atoms with Crippen LogP contribution in [0.2, 0.25) is 0 Å². The predicted octanol–water partition coefficient (Wildman–Crippen LogP) is 1.12. The van der Waals surface area contributed by atoms with Crippen molar-refractivity contribution in [3.63, 3.8) is 0 Å². The van der Waals surface area contributed by atoms with E-state index in [2.05, 4.69) is 9.98 Å². The summed E-state index contributed by atoms with van der Waals surface area (Å²) in [6.07, 6.45) is 5.29. The second kappa shape index (κ2) is 8.12. The molecule has 2 fully saturated rings. The molecule has 1 atom stereocenters. The van der Waals surface area contributed by atoms with E-state index in [1.165, 1.54) is 17.5 Å². The van der Waals surface area contributed by atoms with Gasteiger partial charge in [-0.1, -0.05) is 18.6 Å². The molecule has 4 rings (SSSR count). The minimum Gasteiger partial charge on any atom is -0.468 e. The highest BCUT2D eigenvalue weighted by Crippen LogP contribution is 2.42. The SMILES string of the molecule is COC(=O)C1CCCN1S(=O)(=O)c1ccccc1N1C(N)=NC(N)=NC12CCCCC2. The number of aliphatic imine (C=N–C) groups is 2. The number of ether oxygens (including phenoxy) is 1. The number of hydrogen-bond donors (Lipinski definition) is 2. The van der Waals surface area contributed by atoms with Gasteiger partial charge in [-0.3, -0.25) is 9.69 Å². The lowest BCUT2D eigenvalue weighted by molar-refractivity contribution is -0.144. The monoisotopic (exact) mass is 448 g/mol. The van der Waals surface area contributed by atoms with Gasteiger partial charge in [-0.05, 0) is 50.7 Å². The summed E-state index contributed by atoms with van der Waals surface area (Å²) in [5.74, 6) is -0.344. The number of nitrogens with two attached hydrogens (primary N) is 2. The van der Waals surface area contributed by atoms with Gasteiger partial charge >= 0.3 is 5.97 Å². The largest absolute Gasteiger partial charge is 0.468 e. The Hall–Kier alpha value is -2.66. The molecule has 4 N–H and O–H groups in total. The zero-order chi connectivity index (χ0) is 22.2. The average Bonchev–Trinajstić information content (AvgIpc) is 3.24. The van der Waals surface area contributed by atoms with Crippen LogP contribution in [0.1, 0.15) is 44.9 Å². The van der Waals surface area contributed by atoms with E-state index in [4.69, 9.17) is 16.2 Å². The number of benzene rings is 1. The Labute approximate surface area is 182 Å². The highest BCUT2D eigenvalue weighted by atomic mass is 32.2. The van der Waals surface area contributed by atoms with E-state index in [-0.39, 0.29) is 23.4 Å². The number of carbonyl (C=O) groups excluding carboxylic acids is 1. The van der Waals surface area contributed by atoms with Crippen molar-refractivity contribution in [3.05, 3.63) is 24.3 Å². The molecule has 1 aliphatic carbocycles. The molecular formula is C20H28N6O4S. The number of esters is 1. The molecule has 1 saturated heterocycles. The number of anilines is 1. The number of hydrogen-bond acceptors (Lipinski definition) is 9. The van der Waals surface area contributed by atoms with Gasteiger partial charge in [-0.15, -0.1) is 0 Å². The Morgan fingerprint density at radius 1 is 1.16 bits per heavy atom. The summed E-state index contributed by atoms with van der Waals surface area (Å²) in [5, 5.41) is 0. The first-order chi connectivity index (χ1) is 14.8. The summed E-state index contributed by atoms with van der Waals surface area (Å²) in [6.45, 7) is 0.246. The zero-order valence-electron chi connectivity index (χ0n) is 17.5. The molecule has 2 aliphatic heterocycles. The van der Waals surface area contributed by atoms with Crippen molar-refractivity contribution in [2.45, 2.75) is 61.5 Å². The topological polar surface area (TPSA) is 144 Å². The smallest absolute Gasteiger partial charge is 0.324 e. The van der Waals surface area contributed by atoms with Crippen molar-refractivity contribution in [3.8, 4) is 0 Å². The number of para-hydroxylation sites is 1. The van der Waals surface area contributed by atoms with Gasteiger partial charge in [0, 0.05) is 6.54 Å². The van der Waals surface area contributed by atoms with E-state index in [1.54, 1.807) is 23.1 Å². The number of nitrogens with zero attached hydrogens (tertiary/aromatic N) is 4. The Morgan fingerprint density at radius 2 is 1.87 bits per heavy atom. The third kappa shape index (κ3) is 3.65. The lowest BCUT2D eigenvalue weighted by Crippen LogP contribution is -2.58. The van der Waals surface area contributed by atoms with Gasteiger partial charge in [-0.2, -0.15) is 9.30 Å². The van der Waals surface area contributed by atoms with E-state index in [0.29, 0.717) is 31.4 Å². The van der Waals surface area contributed by atoms with Crippen LogP contribution in [0.5, 0.6) is 0 Å². The van der Waals surface area contributed by atoms with E-state index in [1.807, 2.05) is 0 Å². The molecular weight excluding hydrogens is 420 g/mol. The first kappa shape index (κ1) is 21.6. The van der Waals surface area contributed by atoms with Crippen LogP contribution >= 0.6 is 0 Å². The minimum atomic E-state index is -4.01. The summed E-state index contributed by atoms with van der Waals surface area (Å²) in [6, 6.07) is 5.80. The van der Waals surface area contributed by atoms with Gasteiger partial charge in [-0.25, -0.2) is 13.4 Å². The van der Waals surface area contributed by atoms with Crippen LogP contribution in [0.4, 0.5) is 5.69 Å². The standard InChI is InChI=1S/C20H28N6O4S/c1-30-17(27)15-9-7-13-25(15)31(28,29)16-10-4-3-8-14(16)26-19(22)23-18(21)24-20(26)11-5-2-6-12-20/h3-4,8,10,15H,2,5-7,9,11-13H2,1H3,(H4,21,22,23,24). The number of sulfonamides is 1. The normalized spacial score (nSPS) is 24.0.